The number of likely N-dealkylation sites (N-methyl/N-ethyl adjacent to an activating group) is 1. The molecule has 1 N–H and O–H groups in total. The predicted molar refractivity (Wildman–Crippen MR) is 150 cm³/mol. The van der Waals surface area contributed by atoms with Gasteiger partial charge < -0.3 is 20.0 Å². The first-order valence-electron chi connectivity index (χ1n) is 12.5. The highest BCUT2D eigenvalue weighted by Crippen LogP contribution is 2.27. The standard InChI is InChI=1S/C29H31N7O/c1-30-24-9-10-26-25(19-24)27(33-29(32-26)34(2)3)31-12-11-20-5-6-22-18-23(8-7-21(22)17-20)28(37)36-15-13-35(4)14-16-36/h5-10,17-19H,11-16H2,2-4H3,(H,31,32,33). The van der Waals surface area contributed by atoms with Gasteiger partial charge in [0.1, 0.15) is 5.82 Å². The number of carbonyl (C=O) groups is 1. The van der Waals surface area contributed by atoms with Crippen LogP contribution < -0.4 is 10.2 Å². The highest BCUT2D eigenvalue weighted by molar-refractivity contribution is 5.99. The molecule has 0 radical (unpaired) electrons. The number of amides is 1. The zero-order chi connectivity index (χ0) is 25.9. The number of benzene rings is 3. The van der Waals surface area contributed by atoms with Crippen molar-refractivity contribution in [1.82, 2.24) is 19.8 Å². The van der Waals surface area contributed by atoms with Gasteiger partial charge in [-0.25, -0.2) is 9.83 Å². The summed E-state index contributed by atoms with van der Waals surface area (Å²) in [5.74, 6) is 1.46. The Morgan fingerprint density at radius 2 is 1.76 bits per heavy atom. The van der Waals surface area contributed by atoms with Crippen LogP contribution in [-0.2, 0) is 6.42 Å². The van der Waals surface area contributed by atoms with E-state index < -0.39 is 0 Å². The fraction of sp³-hybridized carbons (Fsp3) is 0.310. The first kappa shape index (κ1) is 24.5. The van der Waals surface area contributed by atoms with Gasteiger partial charge in [-0.1, -0.05) is 30.3 Å². The van der Waals surface area contributed by atoms with E-state index in [0.29, 0.717) is 18.2 Å². The van der Waals surface area contributed by atoms with Gasteiger partial charge >= 0.3 is 0 Å². The maximum atomic E-state index is 13.0. The minimum atomic E-state index is 0.110. The summed E-state index contributed by atoms with van der Waals surface area (Å²) >= 11 is 0. The van der Waals surface area contributed by atoms with E-state index in [9.17, 15) is 4.79 Å². The van der Waals surface area contributed by atoms with Crippen molar-refractivity contribution in [2.45, 2.75) is 6.42 Å². The molecule has 0 unspecified atom stereocenters. The lowest BCUT2D eigenvalue weighted by Gasteiger charge is -2.32. The van der Waals surface area contributed by atoms with E-state index in [0.717, 1.165) is 65.7 Å². The first-order chi connectivity index (χ1) is 17.9. The number of rotatable bonds is 6. The molecule has 37 heavy (non-hydrogen) atoms. The Balaban J connectivity index is 1.30. The van der Waals surface area contributed by atoms with Crippen LogP contribution in [0.5, 0.6) is 0 Å². The monoisotopic (exact) mass is 493 g/mol. The summed E-state index contributed by atoms with van der Waals surface area (Å²) < 4.78 is 0. The highest BCUT2D eigenvalue weighted by Gasteiger charge is 2.20. The first-order valence-corrected chi connectivity index (χ1v) is 12.5. The molecular formula is C29H31N7O. The number of carbonyl (C=O) groups excluding carboxylic acids is 1. The maximum absolute atomic E-state index is 13.0. The highest BCUT2D eigenvalue weighted by atomic mass is 16.2. The number of nitrogens with zero attached hydrogens (tertiary/aromatic N) is 6. The van der Waals surface area contributed by atoms with E-state index >= 15 is 0 Å². The van der Waals surface area contributed by atoms with Gasteiger partial charge in [-0.3, -0.25) is 4.79 Å². The topological polar surface area (TPSA) is 69.0 Å². The molecular weight excluding hydrogens is 462 g/mol. The van der Waals surface area contributed by atoms with Crippen LogP contribution in [-0.4, -0.2) is 79.5 Å². The second-order valence-corrected chi connectivity index (χ2v) is 9.75. The average molecular weight is 494 g/mol. The zero-order valence-electron chi connectivity index (χ0n) is 21.5. The largest absolute Gasteiger partial charge is 0.369 e. The molecule has 1 aromatic heterocycles. The summed E-state index contributed by atoms with van der Waals surface area (Å²) in [6.45, 7) is 11.4. The van der Waals surface area contributed by atoms with Crippen molar-refractivity contribution in [3.8, 4) is 0 Å². The average Bonchev–Trinajstić information content (AvgIpc) is 2.92. The van der Waals surface area contributed by atoms with Crippen molar-refractivity contribution in [3.63, 3.8) is 0 Å². The quantitative estimate of drug-likeness (QED) is 0.401. The number of aromatic nitrogens is 2. The van der Waals surface area contributed by atoms with Crippen LogP contribution in [0.15, 0.2) is 54.6 Å². The van der Waals surface area contributed by atoms with Gasteiger partial charge in [-0.05, 0) is 54.1 Å². The molecule has 8 nitrogen and oxygen atoms in total. The number of hydrogen-bond acceptors (Lipinski definition) is 6. The summed E-state index contributed by atoms with van der Waals surface area (Å²) in [4.78, 5) is 31.9. The van der Waals surface area contributed by atoms with Crippen LogP contribution >= 0.6 is 0 Å². The molecule has 1 fully saturated rings. The number of piperazine rings is 1. The zero-order valence-corrected chi connectivity index (χ0v) is 21.5. The lowest BCUT2D eigenvalue weighted by molar-refractivity contribution is 0.0664. The van der Waals surface area contributed by atoms with E-state index in [1.54, 1.807) is 6.07 Å². The number of fused-ring (bicyclic) bond motifs is 2. The van der Waals surface area contributed by atoms with Gasteiger partial charge in [0, 0.05) is 57.8 Å². The Morgan fingerprint density at radius 1 is 1.00 bits per heavy atom. The molecule has 0 bridgehead atoms. The van der Waals surface area contributed by atoms with Gasteiger partial charge in [-0.15, -0.1) is 0 Å². The van der Waals surface area contributed by atoms with Crippen molar-refractivity contribution in [2.75, 3.05) is 64.1 Å². The van der Waals surface area contributed by atoms with Crippen molar-refractivity contribution >= 4 is 45.0 Å². The Bertz CT molecular complexity index is 1500. The summed E-state index contributed by atoms with van der Waals surface area (Å²) in [5.41, 5.74) is 3.32. The SMILES string of the molecule is [C-]#[N+]c1ccc2nc(N(C)C)nc(NCCc3ccc4cc(C(=O)N5CCN(C)CC5)ccc4c3)c2c1. The molecule has 0 atom stereocenters. The van der Waals surface area contributed by atoms with E-state index in [2.05, 4.69) is 50.3 Å². The Hall–Kier alpha value is -4.22. The summed E-state index contributed by atoms with van der Waals surface area (Å²) in [7, 11) is 5.92. The third kappa shape index (κ3) is 5.32. The number of nitrogens with one attached hydrogen (secondary N) is 1. The van der Waals surface area contributed by atoms with E-state index in [1.165, 1.54) is 5.56 Å². The van der Waals surface area contributed by atoms with Gasteiger partial charge in [-0.2, -0.15) is 4.98 Å². The van der Waals surface area contributed by atoms with Gasteiger partial charge in [0.25, 0.3) is 5.91 Å². The molecule has 188 valence electrons. The fourth-order valence-electron chi connectivity index (χ4n) is 4.61. The molecule has 2 heterocycles. The molecule has 0 aliphatic carbocycles. The summed E-state index contributed by atoms with van der Waals surface area (Å²) in [6, 6.07) is 17.9. The van der Waals surface area contributed by atoms with Crippen molar-refractivity contribution in [3.05, 3.63) is 77.1 Å². The predicted octanol–water partition coefficient (Wildman–Crippen LogP) is 4.44. The third-order valence-electron chi connectivity index (χ3n) is 6.84. The van der Waals surface area contributed by atoms with E-state index in [1.807, 2.05) is 54.2 Å². The molecule has 1 saturated heterocycles. The van der Waals surface area contributed by atoms with Crippen molar-refractivity contribution < 1.29 is 4.79 Å². The second-order valence-electron chi connectivity index (χ2n) is 9.75. The molecule has 8 heteroatoms. The smallest absolute Gasteiger partial charge is 0.253 e. The Labute approximate surface area is 217 Å². The molecule has 1 aliphatic rings. The summed E-state index contributed by atoms with van der Waals surface area (Å²) in [6.07, 6.45) is 0.809. The number of anilines is 2. The van der Waals surface area contributed by atoms with Crippen LogP contribution in [0.4, 0.5) is 17.5 Å². The van der Waals surface area contributed by atoms with Crippen LogP contribution in [0.2, 0.25) is 0 Å². The van der Waals surface area contributed by atoms with E-state index in [4.69, 9.17) is 6.57 Å². The lowest BCUT2D eigenvalue weighted by atomic mass is 10.0. The van der Waals surface area contributed by atoms with Crippen LogP contribution in [0.25, 0.3) is 26.5 Å². The molecule has 5 rings (SSSR count). The van der Waals surface area contributed by atoms with E-state index in [-0.39, 0.29) is 5.91 Å². The third-order valence-corrected chi connectivity index (χ3v) is 6.84. The molecule has 3 aromatic carbocycles. The molecule has 0 spiro atoms. The van der Waals surface area contributed by atoms with Crippen LogP contribution in [0.1, 0.15) is 15.9 Å². The molecule has 4 aromatic rings. The van der Waals surface area contributed by atoms with Gasteiger partial charge in [0.2, 0.25) is 5.95 Å². The summed E-state index contributed by atoms with van der Waals surface area (Å²) in [5, 5.41) is 6.49. The Kier molecular flexibility index (Phi) is 6.89. The van der Waals surface area contributed by atoms with Crippen LogP contribution in [0, 0.1) is 6.57 Å². The Morgan fingerprint density at radius 3 is 2.51 bits per heavy atom. The maximum Gasteiger partial charge on any atom is 0.253 e. The second kappa shape index (κ2) is 10.4. The fourth-order valence-corrected chi connectivity index (χ4v) is 4.61. The molecule has 1 amide bonds. The molecule has 1 aliphatic heterocycles. The normalized spacial score (nSPS) is 14.1. The lowest BCUT2D eigenvalue weighted by Crippen LogP contribution is -2.47. The van der Waals surface area contributed by atoms with Crippen LogP contribution in [0.3, 0.4) is 0 Å². The van der Waals surface area contributed by atoms with Gasteiger partial charge in [0.05, 0.1) is 12.1 Å². The van der Waals surface area contributed by atoms with Gasteiger partial charge in [0.15, 0.2) is 5.69 Å². The number of hydrogen-bond donors (Lipinski definition) is 1. The molecule has 0 saturated carbocycles. The minimum absolute atomic E-state index is 0.110. The van der Waals surface area contributed by atoms with Crippen molar-refractivity contribution in [1.29, 1.82) is 0 Å². The van der Waals surface area contributed by atoms with Crippen molar-refractivity contribution in [2.24, 2.45) is 0 Å². The minimum Gasteiger partial charge on any atom is -0.369 e.